The summed E-state index contributed by atoms with van der Waals surface area (Å²) in [6.07, 6.45) is 3.69. The van der Waals surface area contributed by atoms with Crippen LogP contribution < -0.4 is 0 Å². The van der Waals surface area contributed by atoms with E-state index in [1.54, 1.807) is 11.3 Å². The van der Waals surface area contributed by atoms with Crippen LogP contribution in [0.25, 0.3) is 0 Å². The van der Waals surface area contributed by atoms with Crippen molar-refractivity contribution in [2.45, 2.75) is 32.2 Å². The molecule has 4 heteroatoms. The highest BCUT2D eigenvalue weighted by molar-refractivity contribution is 7.11. The van der Waals surface area contributed by atoms with Gasteiger partial charge in [0, 0.05) is 6.42 Å². The molecule has 0 bridgehead atoms. The van der Waals surface area contributed by atoms with Crippen LogP contribution in [0.15, 0.2) is 0 Å². The van der Waals surface area contributed by atoms with Crippen molar-refractivity contribution >= 4 is 21.6 Å². The molecule has 0 spiro atoms. The zero-order valence-electron chi connectivity index (χ0n) is 6.84. The lowest BCUT2D eigenvalue weighted by atomic mass is 10.3. The molecule has 0 aliphatic rings. The zero-order valence-corrected chi connectivity index (χ0v) is 9.07. The molecule has 0 aromatic carbocycles. The van der Waals surface area contributed by atoms with Gasteiger partial charge in [-0.25, -0.2) is 0 Å². The van der Waals surface area contributed by atoms with Gasteiger partial charge in [0.2, 0.25) is 0 Å². The van der Waals surface area contributed by atoms with Crippen LogP contribution in [-0.4, -0.2) is 20.4 Å². The third-order valence-corrected chi connectivity index (χ3v) is 2.86. The maximum atomic E-state index is 4.06. The Kier molecular flexibility index (Phi) is 3.72. The van der Waals surface area contributed by atoms with Gasteiger partial charge in [-0.1, -0.05) is 0 Å². The van der Waals surface area contributed by atoms with Crippen LogP contribution in [0.4, 0.5) is 0 Å². The molecule has 0 fully saturated rings. The second kappa shape index (κ2) is 4.61. The molecule has 0 atom stereocenters. The van der Waals surface area contributed by atoms with Gasteiger partial charge >= 0.3 is 0 Å². The molecule has 0 radical (unpaired) electrons. The van der Waals surface area contributed by atoms with Crippen LogP contribution in [0.1, 0.15) is 22.9 Å². The van der Waals surface area contributed by atoms with E-state index < -0.39 is 0 Å². The summed E-state index contributed by atoms with van der Waals surface area (Å²) < 4.78 is 0. The topological polar surface area (TPSA) is 25.8 Å². The lowest BCUT2D eigenvalue weighted by Crippen LogP contribution is -1.83. The van der Waals surface area contributed by atoms with Crippen LogP contribution in [-0.2, 0) is 6.42 Å². The predicted octanol–water partition coefficient (Wildman–Crippen LogP) is 1.22. The highest BCUT2D eigenvalue weighted by Crippen LogP contribution is 2.11. The molecule has 1 rings (SSSR count). The highest BCUT2D eigenvalue weighted by Gasteiger charge is 1.99. The molecule has 0 unspecified atom stereocenters. The van der Waals surface area contributed by atoms with Crippen molar-refractivity contribution in [3.63, 3.8) is 0 Å². The lowest BCUT2D eigenvalue weighted by Gasteiger charge is -1.89. The number of aryl methyl sites for hydroxylation is 2. The molecular weight excluding hydrogens is 172 g/mol. The molecule has 2 nitrogen and oxygen atoms in total. The van der Waals surface area contributed by atoms with Gasteiger partial charge in [0.25, 0.3) is 10.2 Å². The standard InChI is InChI=1S/C7H13N2SSi/c1-6-8-9-7(10-6)4-2-3-5-11/h2-5,11H2,1H3/q+1. The summed E-state index contributed by atoms with van der Waals surface area (Å²) in [4.78, 5) is 0. The molecular formula is C7H13N2SSi+. The third-order valence-electron chi connectivity index (χ3n) is 1.46. The van der Waals surface area contributed by atoms with E-state index in [4.69, 9.17) is 0 Å². The second-order valence-corrected chi connectivity index (χ2v) is 4.50. The highest BCUT2D eigenvalue weighted by atomic mass is 32.1. The minimum absolute atomic E-state index is 1.08. The van der Waals surface area contributed by atoms with Gasteiger partial charge in [-0.15, -0.1) is 21.5 Å². The summed E-state index contributed by atoms with van der Waals surface area (Å²) in [5, 5.41) is 10.3. The fraction of sp³-hybridized carbons (Fsp3) is 0.714. The van der Waals surface area contributed by atoms with Gasteiger partial charge in [0.15, 0.2) is 0 Å². The van der Waals surface area contributed by atoms with E-state index in [9.17, 15) is 0 Å². The normalized spacial score (nSPS) is 10.3. The van der Waals surface area contributed by atoms with E-state index in [-0.39, 0.29) is 0 Å². The van der Waals surface area contributed by atoms with Crippen molar-refractivity contribution in [2.24, 2.45) is 0 Å². The van der Waals surface area contributed by atoms with E-state index in [1.165, 1.54) is 23.9 Å². The molecule has 0 aliphatic heterocycles. The fourth-order valence-electron chi connectivity index (χ4n) is 0.892. The summed E-state index contributed by atoms with van der Waals surface area (Å²) >= 11 is 1.72. The smallest absolute Gasteiger partial charge is 0.144 e. The molecule has 1 heterocycles. The van der Waals surface area contributed by atoms with Crippen LogP contribution in [0.5, 0.6) is 0 Å². The third kappa shape index (κ3) is 3.12. The van der Waals surface area contributed by atoms with Crippen molar-refractivity contribution in [3.8, 4) is 0 Å². The molecule has 0 saturated heterocycles. The Labute approximate surface area is 74.5 Å². The Bertz CT molecular complexity index is 212. The van der Waals surface area contributed by atoms with Crippen LogP contribution in [0, 0.1) is 6.92 Å². The second-order valence-electron chi connectivity index (χ2n) is 2.53. The minimum Gasteiger partial charge on any atom is -0.144 e. The van der Waals surface area contributed by atoms with E-state index in [2.05, 4.69) is 10.2 Å². The maximum Gasteiger partial charge on any atom is 0.283 e. The predicted molar refractivity (Wildman–Crippen MR) is 50.9 cm³/mol. The van der Waals surface area contributed by atoms with E-state index in [0.717, 1.165) is 11.4 Å². The average Bonchev–Trinajstić information content (AvgIpc) is 2.37. The molecule has 11 heavy (non-hydrogen) atoms. The number of hydrogen-bond donors (Lipinski definition) is 0. The lowest BCUT2D eigenvalue weighted by molar-refractivity contribution is 0.778. The Morgan fingerprint density at radius 1 is 1.36 bits per heavy atom. The van der Waals surface area contributed by atoms with Crippen LogP contribution >= 0.6 is 11.3 Å². The molecule has 0 N–H and O–H groups in total. The summed E-state index contributed by atoms with van der Waals surface area (Å²) in [7, 11) is 2.04. The quantitative estimate of drug-likeness (QED) is 0.521. The average molecular weight is 185 g/mol. The van der Waals surface area contributed by atoms with Gasteiger partial charge in [-0.3, -0.25) is 0 Å². The number of hydrogen-bond acceptors (Lipinski definition) is 3. The Morgan fingerprint density at radius 2 is 2.18 bits per heavy atom. The maximum absolute atomic E-state index is 4.06. The van der Waals surface area contributed by atoms with Crippen molar-refractivity contribution in [2.75, 3.05) is 0 Å². The molecule has 1 aromatic rings. The summed E-state index contributed by atoms with van der Waals surface area (Å²) in [6, 6.07) is 1.30. The molecule has 0 saturated carbocycles. The van der Waals surface area contributed by atoms with E-state index in [1.807, 2.05) is 17.2 Å². The van der Waals surface area contributed by atoms with Gasteiger partial charge in [-0.2, -0.15) is 0 Å². The number of unbranched alkanes of at least 4 members (excludes halogenated alkanes) is 1. The van der Waals surface area contributed by atoms with Gasteiger partial charge in [0.05, 0.1) is 6.04 Å². The fourth-order valence-corrected chi connectivity index (χ4v) is 2.00. The molecule has 0 amide bonds. The first-order chi connectivity index (χ1) is 5.33. The van der Waals surface area contributed by atoms with Crippen molar-refractivity contribution in [1.29, 1.82) is 0 Å². The molecule has 60 valence electrons. The van der Waals surface area contributed by atoms with Crippen molar-refractivity contribution in [1.82, 2.24) is 10.2 Å². The summed E-state index contributed by atoms with van der Waals surface area (Å²) in [5.41, 5.74) is 0. The first-order valence-corrected chi connectivity index (χ1v) is 5.73. The Balaban J connectivity index is 2.27. The van der Waals surface area contributed by atoms with Crippen LogP contribution in [0.3, 0.4) is 0 Å². The van der Waals surface area contributed by atoms with Gasteiger partial charge in [0.1, 0.15) is 10.0 Å². The molecule has 1 aromatic heterocycles. The van der Waals surface area contributed by atoms with E-state index in [0.29, 0.717) is 0 Å². The minimum atomic E-state index is 1.08. The number of aromatic nitrogens is 2. The van der Waals surface area contributed by atoms with E-state index >= 15 is 0 Å². The van der Waals surface area contributed by atoms with Gasteiger partial charge < -0.3 is 0 Å². The summed E-state index contributed by atoms with van der Waals surface area (Å²) in [6.45, 7) is 2.00. The number of nitrogens with zero attached hydrogens (tertiary/aromatic N) is 2. The van der Waals surface area contributed by atoms with Crippen molar-refractivity contribution in [3.05, 3.63) is 10.0 Å². The SMILES string of the molecule is Cc1nnc(CCCC[SiH2+])s1. The largest absolute Gasteiger partial charge is 0.283 e. The van der Waals surface area contributed by atoms with Crippen LogP contribution in [0.2, 0.25) is 6.04 Å². The van der Waals surface area contributed by atoms with Crippen molar-refractivity contribution < 1.29 is 0 Å². The molecule has 0 aliphatic carbocycles. The number of rotatable bonds is 4. The monoisotopic (exact) mass is 185 g/mol. The first-order valence-electron chi connectivity index (χ1n) is 3.91. The van der Waals surface area contributed by atoms with Gasteiger partial charge in [-0.05, 0) is 19.8 Å². The first kappa shape index (κ1) is 8.87. The Hall–Kier alpha value is -0.223. The Morgan fingerprint density at radius 3 is 2.73 bits per heavy atom. The summed E-state index contributed by atoms with van der Waals surface area (Å²) in [5.74, 6) is 0. The zero-order chi connectivity index (χ0) is 8.10.